The van der Waals surface area contributed by atoms with E-state index in [9.17, 15) is 4.79 Å². The van der Waals surface area contributed by atoms with Crippen LogP contribution in [0.1, 0.15) is 37.3 Å². The summed E-state index contributed by atoms with van der Waals surface area (Å²) in [5.74, 6) is 1.40. The van der Waals surface area contributed by atoms with Gasteiger partial charge in [-0.15, -0.1) is 0 Å². The Kier molecular flexibility index (Phi) is 8.12. The lowest BCUT2D eigenvalue weighted by Gasteiger charge is -2.18. The number of hydrogen-bond acceptors (Lipinski definition) is 3. The Bertz CT molecular complexity index is 834. The maximum Gasteiger partial charge on any atom is 0.258 e. The zero-order valence-electron chi connectivity index (χ0n) is 17.9. The Balaban J connectivity index is 1.40. The van der Waals surface area contributed by atoms with Crippen LogP contribution in [-0.2, 0) is 17.8 Å². The van der Waals surface area contributed by atoms with Crippen molar-refractivity contribution < 1.29 is 9.53 Å². The van der Waals surface area contributed by atoms with Crippen molar-refractivity contribution in [3.05, 3.63) is 65.7 Å². The lowest BCUT2D eigenvalue weighted by Crippen LogP contribution is -2.42. The van der Waals surface area contributed by atoms with Gasteiger partial charge in [0.1, 0.15) is 5.75 Å². The van der Waals surface area contributed by atoms with Crippen molar-refractivity contribution in [2.45, 2.75) is 51.2 Å². The molecule has 2 aromatic rings. The summed E-state index contributed by atoms with van der Waals surface area (Å²) in [6.07, 6.45) is 4.21. The predicted octanol–water partition coefficient (Wildman–Crippen LogP) is 3.03. The summed E-state index contributed by atoms with van der Waals surface area (Å²) in [5, 5.41) is 9.71. The Morgan fingerprint density at radius 1 is 1.13 bits per heavy atom. The number of hydrogen-bond donors (Lipinski definition) is 3. The van der Waals surface area contributed by atoms with Crippen LogP contribution in [0.15, 0.2) is 59.6 Å². The Morgan fingerprint density at radius 2 is 1.90 bits per heavy atom. The molecule has 3 rings (SSSR count). The van der Waals surface area contributed by atoms with Crippen molar-refractivity contribution >= 4 is 11.9 Å². The SMILES string of the molecule is CN=C(NCc1cccc(OCC(=O)NC2CC2)c1)NC(C)CCc1ccccc1. The van der Waals surface area contributed by atoms with Crippen LogP contribution in [0.3, 0.4) is 0 Å². The smallest absolute Gasteiger partial charge is 0.258 e. The second-order valence-corrected chi connectivity index (χ2v) is 7.77. The first-order valence-electron chi connectivity index (χ1n) is 10.6. The van der Waals surface area contributed by atoms with Gasteiger partial charge in [0.25, 0.3) is 5.91 Å². The summed E-state index contributed by atoms with van der Waals surface area (Å²) in [7, 11) is 1.78. The second-order valence-electron chi connectivity index (χ2n) is 7.77. The average molecular weight is 409 g/mol. The predicted molar refractivity (Wildman–Crippen MR) is 121 cm³/mol. The van der Waals surface area contributed by atoms with Crippen molar-refractivity contribution in [1.29, 1.82) is 0 Å². The van der Waals surface area contributed by atoms with E-state index >= 15 is 0 Å². The molecule has 0 aliphatic heterocycles. The van der Waals surface area contributed by atoms with Crippen LogP contribution in [0.5, 0.6) is 5.75 Å². The van der Waals surface area contributed by atoms with Crippen LogP contribution in [0.25, 0.3) is 0 Å². The average Bonchev–Trinajstić information content (AvgIpc) is 3.58. The monoisotopic (exact) mass is 408 g/mol. The highest BCUT2D eigenvalue weighted by Gasteiger charge is 2.23. The third kappa shape index (κ3) is 7.78. The number of amides is 1. The van der Waals surface area contributed by atoms with Gasteiger partial charge in [0, 0.05) is 25.7 Å². The minimum Gasteiger partial charge on any atom is -0.484 e. The molecule has 3 N–H and O–H groups in total. The molecule has 1 fully saturated rings. The number of ether oxygens (including phenoxy) is 1. The molecule has 0 heterocycles. The van der Waals surface area contributed by atoms with Crippen LogP contribution in [0, 0.1) is 0 Å². The van der Waals surface area contributed by atoms with Crippen LogP contribution < -0.4 is 20.7 Å². The van der Waals surface area contributed by atoms with E-state index in [1.54, 1.807) is 7.05 Å². The zero-order chi connectivity index (χ0) is 21.2. The van der Waals surface area contributed by atoms with E-state index in [0.717, 1.165) is 37.2 Å². The number of aliphatic imine (C=N–C) groups is 1. The molecule has 6 nitrogen and oxygen atoms in total. The van der Waals surface area contributed by atoms with E-state index in [2.05, 4.69) is 52.1 Å². The number of nitrogens with zero attached hydrogens (tertiary/aromatic N) is 1. The molecule has 2 aromatic carbocycles. The molecule has 0 aromatic heterocycles. The first-order chi connectivity index (χ1) is 14.6. The van der Waals surface area contributed by atoms with E-state index in [4.69, 9.17) is 4.74 Å². The molecule has 1 amide bonds. The van der Waals surface area contributed by atoms with E-state index in [1.807, 2.05) is 30.3 Å². The fourth-order valence-electron chi connectivity index (χ4n) is 3.10. The fourth-order valence-corrected chi connectivity index (χ4v) is 3.10. The topological polar surface area (TPSA) is 74.8 Å². The highest BCUT2D eigenvalue weighted by atomic mass is 16.5. The van der Waals surface area contributed by atoms with Crippen molar-refractivity contribution in [2.24, 2.45) is 4.99 Å². The van der Waals surface area contributed by atoms with Crippen LogP contribution in [0.2, 0.25) is 0 Å². The third-order valence-corrected chi connectivity index (χ3v) is 4.99. The largest absolute Gasteiger partial charge is 0.484 e. The highest BCUT2D eigenvalue weighted by molar-refractivity contribution is 5.80. The maximum atomic E-state index is 11.8. The van der Waals surface area contributed by atoms with Crippen LogP contribution in [0.4, 0.5) is 0 Å². The Morgan fingerprint density at radius 3 is 2.63 bits per heavy atom. The van der Waals surface area contributed by atoms with Crippen molar-refractivity contribution in [3.63, 3.8) is 0 Å². The van der Waals surface area contributed by atoms with E-state index < -0.39 is 0 Å². The molecule has 1 atom stereocenters. The first-order valence-corrected chi connectivity index (χ1v) is 10.6. The van der Waals surface area contributed by atoms with Gasteiger partial charge in [-0.2, -0.15) is 0 Å². The van der Waals surface area contributed by atoms with Gasteiger partial charge in [-0.3, -0.25) is 9.79 Å². The van der Waals surface area contributed by atoms with Gasteiger partial charge < -0.3 is 20.7 Å². The number of nitrogens with one attached hydrogen (secondary N) is 3. The molecular formula is C24H32N4O2. The zero-order valence-corrected chi connectivity index (χ0v) is 17.9. The number of rotatable bonds is 10. The first kappa shape index (κ1) is 21.7. The fraction of sp³-hybridized carbons (Fsp3) is 0.417. The minimum atomic E-state index is -0.0601. The van der Waals surface area contributed by atoms with E-state index in [-0.39, 0.29) is 12.5 Å². The third-order valence-electron chi connectivity index (χ3n) is 4.99. The number of aryl methyl sites for hydroxylation is 1. The summed E-state index contributed by atoms with van der Waals surface area (Å²) >= 11 is 0. The van der Waals surface area contributed by atoms with Crippen LogP contribution >= 0.6 is 0 Å². The molecule has 30 heavy (non-hydrogen) atoms. The summed E-state index contributed by atoms with van der Waals surface area (Å²) in [6.45, 7) is 2.84. The van der Waals surface area contributed by atoms with Gasteiger partial charge in [-0.1, -0.05) is 42.5 Å². The van der Waals surface area contributed by atoms with Crippen LogP contribution in [-0.4, -0.2) is 37.6 Å². The van der Waals surface area contributed by atoms with E-state index in [0.29, 0.717) is 24.4 Å². The van der Waals surface area contributed by atoms with Gasteiger partial charge in [0.05, 0.1) is 0 Å². The molecule has 0 saturated heterocycles. The van der Waals surface area contributed by atoms with Gasteiger partial charge >= 0.3 is 0 Å². The number of carbonyl (C=O) groups is 1. The lowest BCUT2D eigenvalue weighted by atomic mass is 10.1. The normalized spacial score (nSPS) is 14.7. The molecule has 160 valence electrons. The summed E-state index contributed by atoms with van der Waals surface area (Å²) in [4.78, 5) is 16.1. The second kappa shape index (κ2) is 11.2. The molecule has 0 bridgehead atoms. The van der Waals surface area contributed by atoms with Gasteiger partial charge in [0.15, 0.2) is 12.6 Å². The van der Waals surface area contributed by atoms with Crippen molar-refractivity contribution in [1.82, 2.24) is 16.0 Å². The van der Waals surface area contributed by atoms with Gasteiger partial charge in [-0.05, 0) is 55.9 Å². The molecular weight excluding hydrogens is 376 g/mol. The van der Waals surface area contributed by atoms with Gasteiger partial charge in [0.2, 0.25) is 0 Å². The molecule has 1 unspecified atom stereocenters. The molecule has 6 heteroatoms. The Hall–Kier alpha value is -3.02. The van der Waals surface area contributed by atoms with E-state index in [1.165, 1.54) is 5.56 Å². The molecule has 1 aliphatic carbocycles. The molecule has 0 spiro atoms. The molecule has 0 radical (unpaired) electrons. The standard InChI is InChI=1S/C24H32N4O2/c1-18(11-12-19-7-4-3-5-8-19)27-24(25-2)26-16-20-9-6-10-22(15-20)30-17-23(29)28-21-13-14-21/h3-10,15,18,21H,11-14,16-17H2,1-2H3,(H,28,29)(H2,25,26,27). The number of guanidine groups is 1. The van der Waals surface area contributed by atoms with Gasteiger partial charge in [-0.25, -0.2) is 0 Å². The number of benzene rings is 2. The minimum absolute atomic E-state index is 0.0511. The Labute approximate surface area is 179 Å². The lowest BCUT2D eigenvalue weighted by molar-refractivity contribution is -0.123. The molecule has 1 aliphatic rings. The maximum absolute atomic E-state index is 11.8. The highest BCUT2D eigenvalue weighted by Crippen LogP contribution is 2.18. The summed E-state index contributed by atoms with van der Waals surface area (Å²) < 4.78 is 5.62. The quantitative estimate of drug-likeness (QED) is 0.417. The van der Waals surface area contributed by atoms with Crippen molar-refractivity contribution in [2.75, 3.05) is 13.7 Å². The summed E-state index contributed by atoms with van der Waals surface area (Å²) in [6, 6.07) is 18.9. The van der Waals surface area contributed by atoms with Crippen molar-refractivity contribution in [3.8, 4) is 5.75 Å². The number of carbonyl (C=O) groups excluding carboxylic acids is 1. The molecule has 1 saturated carbocycles. The summed E-state index contributed by atoms with van der Waals surface area (Å²) in [5.41, 5.74) is 2.41.